The maximum Gasteiger partial charge on any atom is 0.223 e. The highest BCUT2D eigenvalue weighted by Crippen LogP contribution is 2.27. The van der Waals surface area contributed by atoms with Crippen molar-refractivity contribution in [2.75, 3.05) is 13.2 Å². The molecule has 2 aliphatic rings. The van der Waals surface area contributed by atoms with Crippen molar-refractivity contribution in [1.82, 2.24) is 5.32 Å². The summed E-state index contributed by atoms with van der Waals surface area (Å²) in [5, 5.41) is 3.06. The fourth-order valence-corrected chi connectivity index (χ4v) is 3.17. The average molecular weight is 307 g/mol. The molecule has 0 radical (unpaired) electrons. The molecule has 0 saturated carbocycles. The predicted octanol–water partition coefficient (Wildman–Crippen LogP) is 2.73. The SMILES string of the molecule is O=C(C[C@@H]1CCCO1)N[C@@H](c1ccc(F)cc1)[C@H]1CCCO1. The van der Waals surface area contributed by atoms with Gasteiger partial charge in [0.1, 0.15) is 5.82 Å². The molecule has 0 spiro atoms. The Balaban J connectivity index is 1.67. The lowest BCUT2D eigenvalue weighted by molar-refractivity contribution is -0.125. The van der Waals surface area contributed by atoms with Crippen LogP contribution < -0.4 is 5.32 Å². The van der Waals surface area contributed by atoms with Crippen LogP contribution in [0.3, 0.4) is 0 Å². The number of halogens is 1. The molecule has 3 rings (SSSR count). The molecule has 1 N–H and O–H groups in total. The maximum atomic E-state index is 13.1. The minimum atomic E-state index is -0.277. The lowest BCUT2D eigenvalue weighted by Crippen LogP contribution is -2.37. The van der Waals surface area contributed by atoms with Gasteiger partial charge < -0.3 is 14.8 Å². The number of ether oxygens (including phenoxy) is 2. The molecule has 0 bridgehead atoms. The van der Waals surface area contributed by atoms with Gasteiger partial charge in [0.25, 0.3) is 0 Å². The Bertz CT molecular complexity index is 493. The monoisotopic (exact) mass is 307 g/mol. The van der Waals surface area contributed by atoms with Gasteiger partial charge in [0.05, 0.1) is 24.7 Å². The van der Waals surface area contributed by atoms with Crippen molar-refractivity contribution in [3.8, 4) is 0 Å². The molecule has 0 aliphatic carbocycles. The standard InChI is InChI=1S/C17H22FNO3/c18-13-7-5-12(6-8-13)17(15-4-2-10-22-15)19-16(20)11-14-3-1-9-21-14/h5-8,14-15,17H,1-4,9-11H2,(H,19,20)/t14-,15+,17-/m0/s1. The van der Waals surface area contributed by atoms with Crippen LogP contribution in [-0.2, 0) is 14.3 Å². The van der Waals surface area contributed by atoms with Gasteiger partial charge in [-0.2, -0.15) is 0 Å². The fourth-order valence-electron chi connectivity index (χ4n) is 3.17. The molecular weight excluding hydrogens is 285 g/mol. The number of carbonyl (C=O) groups is 1. The number of nitrogens with one attached hydrogen (secondary N) is 1. The Morgan fingerprint density at radius 2 is 1.91 bits per heavy atom. The first-order valence-electron chi connectivity index (χ1n) is 8.00. The van der Waals surface area contributed by atoms with E-state index in [1.807, 2.05) is 0 Å². The van der Waals surface area contributed by atoms with Crippen LogP contribution in [0, 0.1) is 5.82 Å². The summed E-state index contributed by atoms with van der Waals surface area (Å²) in [4.78, 5) is 12.3. The zero-order chi connectivity index (χ0) is 15.4. The molecule has 0 unspecified atom stereocenters. The molecule has 1 aromatic rings. The Labute approximate surface area is 130 Å². The van der Waals surface area contributed by atoms with Crippen LogP contribution in [0.4, 0.5) is 4.39 Å². The lowest BCUT2D eigenvalue weighted by atomic mass is 9.98. The Kier molecular flexibility index (Phi) is 5.05. The van der Waals surface area contributed by atoms with Crippen molar-refractivity contribution in [1.29, 1.82) is 0 Å². The fraction of sp³-hybridized carbons (Fsp3) is 0.588. The van der Waals surface area contributed by atoms with Crippen molar-refractivity contribution in [3.05, 3.63) is 35.6 Å². The molecule has 0 aromatic heterocycles. The normalized spacial score (nSPS) is 26.0. The summed E-state index contributed by atoms with van der Waals surface area (Å²) in [7, 11) is 0. The highest BCUT2D eigenvalue weighted by Gasteiger charge is 2.29. The predicted molar refractivity (Wildman–Crippen MR) is 79.8 cm³/mol. The number of benzene rings is 1. The Morgan fingerprint density at radius 1 is 1.18 bits per heavy atom. The molecule has 2 saturated heterocycles. The molecular formula is C17H22FNO3. The van der Waals surface area contributed by atoms with Crippen molar-refractivity contribution in [2.24, 2.45) is 0 Å². The van der Waals surface area contributed by atoms with Crippen LogP contribution in [0.25, 0.3) is 0 Å². The molecule has 120 valence electrons. The molecule has 2 heterocycles. The number of hydrogen-bond donors (Lipinski definition) is 1. The van der Waals surface area contributed by atoms with Gasteiger partial charge in [0, 0.05) is 13.2 Å². The van der Waals surface area contributed by atoms with Gasteiger partial charge in [0.15, 0.2) is 0 Å². The van der Waals surface area contributed by atoms with Crippen molar-refractivity contribution >= 4 is 5.91 Å². The number of hydrogen-bond acceptors (Lipinski definition) is 3. The minimum absolute atomic E-state index is 0.0263. The van der Waals surface area contributed by atoms with Gasteiger partial charge in [-0.1, -0.05) is 12.1 Å². The van der Waals surface area contributed by atoms with Gasteiger partial charge in [-0.3, -0.25) is 4.79 Å². The van der Waals surface area contributed by atoms with E-state index >= 15 is 0 Å². The van der Waals surface area contributed by atoms with Crippen molar-refractivity contribution in [2.45, 2.75) is 50.4 Å². The maximum absolute atomic E-state index is 13.1. The summed E-state index contributed by atoms with van der Waals surface area (Å²) in [5.74, 6) is -0.308. The number of amides is 1. The zero-order valence-electron chi connectivity index (χ0n) is 12.6. The second kappa shape index (κ2) is 7.20. The van der Waals surface area contributed by atoms with E-state index in [1.165, 1.54) is 12.1 Å². The first kappa shape index (κ1) is 15.4. The summed E-state index contributed by atoms with van der Waals surface area (Å²) in [6, 6.07) is 6.05. The van der Waals surface area contributed by atoms with Gasteiger partial charge >= 0.3 is 0 Å². The van der Waals surface area contributed by atoms with E-state index in [9.17, 15) is 9.18 Å². The molecule has 1 amide bonds. The second-order valence-electron chi connectivity index (χ2n) is 5.99. The minimum Gasteiger partial charge on any atom is -0.378 e. The Morgan fingerprint density at radius 3 is 2.55 bits per heavy atom. The average Bonchev–Trinajstić information content (AvgIpc) is 3.19. The second-order valence-corrected chi connectivity index (χ2v) is 5.99. The third-order valence-electron chi connectivity index (χ3n) is 4.32. The quantitative estimate of drug-likeness (QED) is 0.910. The smallest absolute Gasteiger partial charge is 0.223 e. The number of rotatable bonds is 5. The molecule has 2 aliphatic heterocycles. The first-order valence-corrected chi connectivity index (χ1v) is 8.00. The molecule has 1 aromatic carbocycles. The van der Waals surface area contributed by atoms with Crippen LogP contribution in [-0.4, -0.2) is 31.3 Å². The van der Waals surface area contributed by atoms with Crippen LogP contribution >= 0.6 is 0 Å². The summed E-state index contributed by atoms with van der Waals surface area (Å²) < 4.78 is 24.4. The highest BCUT2D eigenvalue weighted by atomic mass is 19.1. The van der Waals surface area contributed by atoms with Gasteiger partial charge in [-0.15, -0.1) is 0 Å². The van der Waals surface area contributed by atoms with Crippen molar-refractivity contribution in [3.63, 3.8) is 0 Å². The third-order valence-corrected chi connectivity index (χ3v) is 4.32. The topological polar surface area (TPSA) is 47.6 Å². The highest BCUT2D eigenvalue weighted by molar-refractivity contribution is 5.77. The summed E-state index contributed by atoms with van der Waals surface area (Å²) in [5.41, 5.74) is 0.883. The summed E-state index contributed by atoms with van der Waals surface area (Å²) >= 11 is 0. The van der Waals surface area contributed by atoms with Gasteiger partial charge in [-0.25, -0.2) is 4.39 Å². The van der Waals surface area contributed by atoms with E-state index in [1.54, 1.807) is 12.1 Å². The molecule has 4 nitrogen and oxygen atoms in total. The van der Waals surface area contributed by atoms with Gasteiger partial charge in [-0.05, 0) is 43.4 Å². The number of carbonyl (C=O) groups excluding carboxylic acids is 1. The van der Waals surface area contributed by atoms with E-state index in [2.05, 4.69) is 5.32 Å². The van der Waals surface area contributed by atoms with E-state index in [4.69, 9.17) is 9.47 Å². The summed E-state index contributed by atoms with van der Waals surface area (Å²) in [6.45, 7) is 1.45. The van der Waals surface area contributed by atoms with E-state index < -0.39 is 0 Å². The van der Waals surface area contributed by atoms with Crippen LogP contribution in [0.15, 0.2) is 24.3 Å². The lowest BCUT2D eigenvalue weighted by Gasteiger charge is -2.25. The Hall–Kier alpha value is -1.46. The third kappa shape index (κ3) is 3.84. The summed E-state index contributed by atoms with van der Waals surface area (Å²) in [6.07, 6.45) is 4.22. The van der Waals surface area contributed by atoms with Crippen molar-refractivity contribution < 1.29 is 18.7 Å². The zero-order valence-corrected chi connectivity index (χ0v) is 12.6. The van der Waals surface area contributed by atoms with E-state index in [0.717, 1.165) is 37.9 Å². The van der Waals surface area contributed by atoms with E-state index in [-0.39, 0.29) is 30.0 Å². The van der Waals surface area contributed by atoms with Gasteiger partial charge in [0.2, 0.25) is 5.91 Å². The van der Waals surface area contributed by atoms with E-state index in [0.29, 0.717) is 13.0 Å². The molecule has 5 heteroatoms. The van der Waals surface area contributed by atoms with Crippen LogP contribution in [0.1, 0.15) is 43.7 Å². The van der Waals surface area contributed by atoms with Crippen LogP contribution in [0.2, 0.25) is 0 Å². The molecule has 2 fully saturated rings. The molecule has 3 atom stereocenters. The van der Waals surface area contributed by atoms with Crippen LogP contribution in [0.5, 0.6) is 0 Å². The largest absolute Gasteiger partial charge is 0.378 e. The first-order chi connectivity index (χ1) is 10.7. The molecule has 22 heavy (non-hydrogen) atoms.